The van der Waals surface area contributed by atoms with E-state index in [4.69, 9.17) is 10.3 Å². The number of nitrogens with zero attached hydrogens (tertiary/aromatic N) is 2. The maximum Gasteiger partial charge on any atom is 0.258 e. The molecule has 0 saturated heterocycles. The minimum Gasteiger partial charge on any atom is -0.334 e. The largest absolute Gasteiger partial charge is 0.334 e. The first-order chi connectivity index (χ1) is 10.1. The average molecular weight is 285 g/mol. The summed E-state index contributed by atoms with van der Waals surface area (Å²) in [6.07, 6.45) is 6.67. The molecule has 1 aromatic carbocycles. The molecular weight excluding hydrogens is 262 g/mol. The van der Waals surface area contributed by atoms with Crippen LogP contribution in [-0.2, 0) is 5.54 Å². The monoisotopic (exact) mass is 285 g/mol. The first-order valence-corrected chi connectivity index (χ1v) is 7.79. The number of benzene rings is 1. The Morgan fingerprint density at radius 2 is 1.81 bits per heavy atom. The molecule has 1 heterocycles. The Balaban J connectivity index is 1.94. The van der Waals surface area contributed by atoms with Crippen LogP contribution in [0.3, 0.4) is 0 Å². The van der Waals surface area contributed by atoms with Gasteiger partial charge in [-0.25, -0.2) is 0 Å². The third-order valence-electron chi connectivity index (χ3n) is 4.49. The minimum atomic E-state index is -0.421. The summed E-state index contributed by atoms with van der Waals surface area (Å²) < 4.78 is 5.50. The molecule has 0 unspecified atom stereocenters. The van der Waals surface area contributed by atoms with Crippen LogP contribution < -0.4 is 5.73 Å². The van der Waals surface area contributed by atoms with Gasteiger partial charge >= 0.3 is 0 Å². The number of hydrogen-bond acceptors (Lipinski definition) is 4. The van der Waals surface area contributed by atoms with Crippen molar-refractivity contribution in [2.45, 2.75) is 57.9 Å². The van der Waals surface area contributed by atoms with E-state index in [9.17, 15) is 0 Å². The van der Waals surface area contributed by atoms with Gasteiger partial charge in [-0.1, -0.05) is 48.5 Å². The highest BCUT2D eigenvalue weighted by atomic mass is 16.5. The normalized spacial score (nSPS) is 18.4. The van der Waals surface area contributed by atoms with Gasteiger partial charge in [-0.05, 0) is 38.3 Å². The first-order valence-electron chi connectivity index (χ1n) is 7.79. The molecule has 0 atom stereocenters. The summed E-state index contributed by atoms with van der Waals surface area (Å²) in [5, 5.41) is 4.19. The van der Waals surface area contributed by atoms with Crippen molar-refractivity contribution in [3.63, 3.8) is 0 Å². The summed E-state index contributed by atoms with van der Waals surface area (Å²) in [7, 11) is 0. The van der Waals surface area contributed by atoms with Crippen LogP contribution in [-0.4, -0.2) is 10.1 Å². The molecule has 4 heteroatoms. The van der Waals surface area contributed by atoms with Gasteiger partial charge in [-0.15, -0.1) is 0 Å². The molecule has 0 amide bonds. The van der Waals surface area contributed by atoms with E-state index >= 15 is 0 Å². The third kappa shape index (κ3) is 2.86. The lowest BCUT2D eigenvalue weighted by Crippen LogP contribution is -2.37. The van der Waals surface area contributed by atoms with Crippen LogP contribution in [0.25, 0.3) is 11.5 Å². The fourth-order valence-electron chi connectivity index (χ4n) is 3.08. The molecule has 0 spiro atoms. The summed E-state index contributed by atoms with van der Waals surface area (Å²) in [4.78, 5) is 4.62. The van der Waals surface area contributed by atoms with Gasteiger partial charge < -0.3 is 10.3 Å². The molecule has 0 aliphatic heterocycles. The van der Waals surface area contributed by atoms with Crippen LogP contribution in [0.15, 0.2) is 22.7 Å². The zero-order valence-electron chi connectivity index (χ0n) is 12.9. The lowest BCUT2D eigenvalue weighted by Gasteiger charge is -2.23. The van der Waals surface area contributed by atoms with Crippen LogP contribution in [0.1, 0.15) is 55.5 Å². The molecule has 1 saturated carbocycles. The van der Waals surface area contributed by atoms with Crippen LogP contribution in [0.5, 0.6) is 0 Å². The van der Waals surface area contributed by atoms with Crippen molar-refractivity contribution < 1.29 is 4.52 Å². The molecule has 4 nitrogen and oxygen atoms in total. The van der Waals surface area contributed by atoms with Gasteiger partial charge in [0.25, 0.3) is 5.89 Å². The number of rotatable bonds is 2. The fraction of sp³-hybridized carbons (Fsp3) is 0.529. The van der Waals surface area contributed by atoms with Gasteiger partial charge in [-0.3, -0.25) is 0 Å². The predicted molar refractivity (Wildman–Crippen MR) is 82.8 cm³/mol. The molecule has 3 rings (SSSR count). The van der Waals surface area contributed by atoms with Gasteiger partial charge in [0, 0.05) is 5.56 Å². The maximum atomic E-state index is 6.55. The van der Waals surface area contributed by atoms with E-state index < -0.39 is 5.54 Å². The lowest BCUT2D eigenvalue weighted by atomic mass is 9.91. The van der Waals surface area contributed by atoms with Crippen molar-refractivity contribution in [1.29, 1.82) is 0 Å². The molecule has 112 valence electrons. The molecule has 0 radical (unpaired) electrons. The Morgan fingerprint density at radius 1 is 1.10 bits per heavy atom. The van der Waals surface area contributed by atoms with E-state index in [1.807, 2.05) is 0 Å². The maximum absolute atomic E-state index is 6.55. The summed E-state index contributed by atoms with van der Waals surface area (Å²) in [5.41, 5.74) is 9.47. The Bertz CT molecular complexity index is 625. The van der Waals surface area contributed by atoms with Crippen molar-refractivity contribution >= 4 is 0 Å². The smallest absolute Gasteiger partial charge is 0.258 e. The lowest BCUT2D eigenvalue weighted by molar-refractivity contribution is 0.334. The van der Waals surface area contributed by atoms with Gasteiger partial charge in [0.05, 0.1) is 5.54 Å². The summed E-state index contributed by atoms with van der Waals surface area (Å²) in [5.74, 6) is 1.25. The topological polar surface area (TPSA) is 64.9 Å². The quantitative estimate of drug-likeness (QED) is 0.851. The number of nitrogens with two attached hydrogens (primary N) is 1. The molecule has 1 fully saturated rings. The van der Waals surface area contributed by atoms with E-state index in [0.29, 0.717) is 11.7 Å². The zero-order chi connectivity index (χ0) is 14.9. The van der Waals surface area contributed by atoms with Crippen molar-refractivity contribution in [2.75, 3.05) is 0 Å². The second-order valence-electron chi connectivity index (χ2n) is 6.31. The van der Waals surface area contributed by atoms with E-state index in [1.54, 1.807) is 0 Å². The predicted octanol–water partition coefficient (Wildman–Crippen LogP) is 3.86. The minimum absolute atomic E-state index is 0.421. The van der Waals surface area contributed by atoms with E-state index in [-0.39, 0.29) is 0 Å². The Labute approximate surface area is 125 Å². The zero-order valence-corrected chi connectivity index (χ0v) is 12.9. The van der Waals surface area contributed by atoms with Crippen LogP contribution in [0, 0.1) is 13.8 Å². The molecule has 1 aromatic heterocycles. The van der Waals surface area contributed by atoms with Gasteiger partial charge in [0.15, 0.2) is 5.82 Å². The van der Waals surface area contributed by atoms with Crippen LogP contribution in [0.2, 0.25) is 0 Å². The molecule has 0 bridgehead atoms. The van der Waals surface area contributed by atoms with Crippen molar-refractivity contribution in [2.24, 2.45) is 5.73 Å². The van der Waals surface area contributed by atoms with Crippen molar-refractivity contribution in [1.82, 2.24) is 10.1 Å². The van der Waals surface area contributed by atoms with Crippen LogP contribution >= 0.6 is 0 Å². The number of aromatic nitrogens is 2. The molecule has 2 aromatic rings. The Hall–Kier alpha value is -1.68. The number of hydrogen-bond donors (Lipinski definition) is 1. The highest BCUT2D eigenvalue weighted by molar-refractivity contribution is 5.59. The average Bonchev–Trinajstić information content (AvgIpc) is 2.86. The van der Waals surface area contributed by atoms with E-state index in [2.05, 4.69) is 42.2 Å². The first kappa shape index (κ1) is 14.3. The Morgan fingerprint density at radius 3 is 2.52 bits per heavy atom. The second-order valence-corrected chi connectivity index (χ2v) is 6.31. The third-order valence-corrected chi connectivity index (χ3v) is 4.49. The van der Waals surface area contributed by atoms with Crippen molar-refractivity contribution in [3.8, 4) is 11.5 Å². The summed E-state index contributed by atoms with van der Waals surface area (Å²) in [6.45, 7) is 4.12. The SMILES string of the molecule is Cc1ccc(C)c(-c2nc(C3(N)CCCCCC3)no2)c1. The summed E-state index contributed by atoms with van der Waals surface area (Å²) in [6, 6.07) is 6.26. The van der Waals surface area contributed by atoms with E-state index in [0.717, 1.165) is 36.8 Å². The highest BCUT2D eigenvalue weighted by Crippen LogP contribution is 2.33. The Kier molecular flexibility index (Phi) is 3.81. The summed E-state index contributed by atoms with van der Waals surface area (Å²) >= 11 is 0. The second kappa shape index (κ2) is 5.60. The molecule has 21 heavy (non-hydrogen) atoms. The van der Waals surface area contributed by atoms with Gasteiger partial charge in [0.2, 0.25) is 0 Å². The molecule has 1 aliphatic rings. The highest BCUT2D eigenvalue weighted by Gasteiger charge is 2.33. The van der Waals surface area contributed by atoms with Gasteiger partial charge in [0.1, 0.15) is 0 Å². The van der Waals surface area contributed by atoms with Crippen molar-refractivity contribution in [3.05, 3.63) is 35.2 Å². The molecule has 1 aliphatic carbocycles. The molecular formula is C17H23N3O. The van der Waals surface area contributed by atoms with Gasteiger partial charge in [-0.2, -0.15) is 4.98 Å². The number of aryl methyl sites for hydroxylation is 2. The molecule has 2 N–H and O–H groups in total. The standard InChI is InChI=1S/C17H23N3O/c1-12-7-8-13(2)14(11-12)15-19-16(20-21-15)17(18)9-5-3-4-6-10-17/h7-8,11H,3-6,9-10,18H2,1-2H3. The van der Waals surface area contributed by atoms with Crippen LogP contribution in [0.4, 0.5) is 0 Å². The fourth-order valence-corrected chi connectivity index (χ4v) is 3.08. The van der Waals surface area contributed by atoms with E-state index in [1.165, 1.54) is 18.4 Å².